The number of amides is 1. The largest absolute Gasteiger partial charge is 0.497 e. The van der Waals surface area contributed by atoms with Gasteiger partial charge in [0.2, 0.25) is 5.78 Å². The quantitative estimate of drug-likeness (QED) is 0.585. The first-order chi connectivity index (χ1) is 7.13. The summed E-state index contributed by atoms with van der Waals surface area (Å²) in [4.78, 5) is 26.3. The van der Waals surface area contributed by atoms with Gasteiger partial charge in [-0.3, -0.25) is 9.59 Å². The minimum atomic E-state index is -0.794. The number of benzene rings is 1. The van der Waals surface area contributed by atoms with Gasteiger partial charge in [-0.25, -0.2) is 0 Å². The summed E-state index contributed by atoms with van der Waals surface area (Å²) in [6.07, 6.45) is 0. The molecule has 0 aliphatic rings. The summed E-state index contributed by atoms with van der Waals surface area (Å²) >= 11 is 0. The molecule has 0 radical (unpaired) electrons. The molecule has 1 amide bonds. The third-order valence-corrected chi connectivity index (χ3v) is 1.62. The lowest BCUT2D eigenvalue weighted by molar-refractivity contribution is -0.140. The Labute approximate surface area is 86.9 Å². The third-order valence-electron chi connectivity index (χ3n) is 1.62. The first-order valence-electron chi connectivity index (χ1n) is 4.25. The summed E-state index contributed by atoms with van der Waals surface area (Å²) in [6.45, 7) is 1.16. The van der Waals surface area contributed by atoms with Gasteiger partial charge in [-0.2, -0.15) is 5.48 Å². The minimum Gasteiger partial charge on any atom is -0.497 e. The predicted octanol–water partition coefficient (Wildman–Crippen LogP) is 0.694. The van der Waals surface area contributed by atoms with Gasteiger partial charge in [0.1, 0.15) is 5.75 Å². The van der Waals surface area contributed by atoms with Crippen LogP contribution in [0.2, 0.25) is 0 Å². The fourth-order valence-corrected chi connectivity index (χ4v) is 0.842. The number of ether oxygens (including phenoxy) is 1. The molecule has 15 heavy (non-hydrogen) atoms. The molecule has 0 fully saturated rings. The number of rotatable bonds is 4. The van der Waals surface area contributed by atoms with E-state index in [0.717, 1.165) is 6.92 Å². The maximum absolute atomic E-state index is 10.9. The molecule has 0 aromatic heterocycles. The molecule has 0 saturated carbocycles. The van der Waals surface area contributed by atoms with Crippen molar-refractivity contribution in [3.8, 4) is 11.5 Å². The molecule has 1 N–H and O–H groups in total. The molecule has 5 nitrogen and oxygen atoms in total. The maximum atomic E-state index is 10.9. The molecule has 1 aromatic carbocycles. The van der Waals surface area contributed by atoms with Crippen LogP contribution in [0.4, 0.5) is 0 Å². The summed E-state index contributed by atoms with van der Waals surface area (Å²) in [6, 6.07) is 6.65. The molecule has 80 valence electrons. The Balaban J connectivity index is 2.57. The number of methoxy groups -OCH3 is 1. The Morgan fingerprint density at radius 1 is 1.27 bits per heavy atom. The molecule has 0 heterocycles. The predicted molar refractivity (Wildman–Crippen MR) is 52.4 cm³/mol. The molecule has 5 heteroatoms. The highest BCUT2D eigenvalue weighted by atomic mass is 16.7. The van der Waals surface area contributed by atoms with Gasteiger partial charge in [0.25, 0.3) is 0 Å². The molecule has 0 bridgehead atoms. The molecule has 0 saturated heterocycles. The number of nitrogens with one attached hydrogen (secondary N) is 1. The van der Waals surface area contributed by atoms with E-state index in [0.29, 0.717) is 11.5 Å². The summed E-state index contributed by atoms with van der Waals surface area (Å²) < 4.78 is 4.95. The van der Waals surface area contributed by atoms with Crippen LogP contribution in [-0.2, 0) is 9.59 Å². The highest BCUT2D eigenvalue weighted by molar-refractivity contribution is 6.34. The van der Waals surface area contributed by atoms with Crippen LogP contribution in [0.15, 0.2) is 24.3 Å². The number of hydrogen-bond acceptors (Lipinski definition) is 4. The van der Waals surface area contributed by atoms with Crippen molar-refractivity contribution in [1.82, 2.24) is 5.48 Å². The normalized spacial score (nSPS) is 9.20. The Kier molecular flexibility index (Phi) is 3.68. The highest BCUT2D eigenvalue weighted by Gasteiger charge is 2.07. The zero-order valence-corrected chi connectivity index (χ0v) is 8.44. The minimum absolute atomic E-state index is 0.393. The van der Waals surface area contributed by atoms with Crippen molar-refractivity contribution < 1.29 is 19.2 Å². The average molecular weight is 209 g/mol. The van der Waals surface area contributed by atoms with Crippen LogP contribution in [0, 0.1) is 0 Å². The van der Waals surface area contributed by atoms with Crippen molar-refractivity contribution in [2.24, 2.45) is 0 Å². The van der Waals surface area contributed by atoms with E-state index in [1.54, 1.807) is 24.3 Å². The third kappa shape index (κ3) is 3.30. The zero-order valence-electron chi connectivity index (χ0n) is 8.44. The SMILES string of the molecule is COc1cccc(ONC(=O)C(C)=O)c1. The molecule has 0 unspecified atom stereocenters. The standard InChI is InChI=1S/C10H11NO4/c1-7(12)10(13)11-15-9-5-3-4-8(6-9)14-2/h3-6H,1-2H3,(H,11,13). The van der Waals surface area contributed by atoms with Gasteiger partial charge in [-0.1, -0.05) is 6.07 Å². The number of hydrogen-bond donors (Lipinski definition) is 1. The van der Waals surface area contributed by atoms with Crippen molar-refractivity contribution in [2.45, 2.75) is 6.92 Å². The summed E-state index contributed by atoms with van der Waals surface area (Å²) in [7, 11) is 1.52. The van der Waals surface area contributed by atoms with E-state index in [9.17, 15) is 9.59 Å². The lowest BCUT2D eigenvalue weighted by atomic mass is 10.3. The first kappa shape index (κ1) is 11.0. The number of carbonyl (C=O) groups is 2. The van der Waals surface area contributed by atoms with Crippen LogP contribution in [0.25, 0.3) is 0 Å². The van der Waals surface area contributed by atoms with E-state index >= 15 is 0 Å². The number of Topliss-reactive ketones (excluding diaryl/α,β-unsaturated/α-hetero) is 1. The van der Waals surface area contributed by atoms with Gasteiger partial charge < -0.3 is 9.57 Å². The molecule has 0 atom stereocenters. The summed E-state index contributed by atoms with van der Waals surface area (Å²) in [5, 5.41) is 0. The van der Waals surface area contributed by atoms with Crippen LogP contribution in [0.5, 0.6) is 11.5 Å². The Morgan fingerprint density at radius 3 is 2.53 bits per heavy atom. The van der Waals surface area contributed by atoms with Crippen molar-refractivity contribution >= 4 is 11.7 Å². The van der Waals surface area contributed by atoms with Crippen LogP contribution >= 0.6 is 0 Å². The van der Waals surface area contributed by atoms with Crippen LogP contribution < -0.4 is 15.1 Å². The van der Waals surface area contributed by atoms with Gasteiger partial charge in [-0.05, 0) is 12.1 Å². The molecule has 0 spiro atoms. The van der Waals surface area contributed by atoms with Crippen molar-refractivity contribution in [1.29, 1.82) is 0 Å². The van der Waals surface area contributed by atoms with Crippen molar-refractivity contribution in [3.05, 3.63) is 24.3 Å². The second-order valence-corrected chi connectivity index (χ2v) is 2.77. The lowest BCUT2D eigenvalue weighted by Crippen LogP contribution is -2.32. The second kappa shape index (κ2) is 4.99. The van der Waals surface area contributed by atoms with E-state index in [1.807, 2.05) is 5.48 Å². The molecule has 0 aliphatic carbocycles. The lowest BCUT2D eigenvalue weighted by Gasteiger charge is -2.06. The van der Waals surface area contributed by atoms with Gasteiger partial charge in [0.05, 0.1) is 7.11 Å². The average Bonchev–Trinajstić information content (AvgIpc) is 2.26. The highest BCUT2D eigenvalue weighted by Crippen LogP contribution is 2.17. The van der Waals surface area contributed by atoms with E-state index in [2.05, 4.69) is 0 Å². The van der Waals surface area contributed by atoms with Crippen LogP contribution in [0.1, 0.15) is 6.92 Å². The van der Waals surface area contributed by atoms with Crippen molar-refractivity contribution in [2.75, 3.05) is 7.11 Å². The Bertz CT molecular complexity index is 375. The monoisotopic (exact) mass is 209 g/mol. The molecule has 0 aliphatic heterocycles. The summed E-state index contributed by atoms with van der Waals surface area (Å²) in [5.41, 5.74) is 2.01. The fraction of sp³-hybridized carbons (Fsp3) is 0.200. The number of hydroxylamine groups is 1. The first-order valence-corrected chi connectivity index (χ1v) is 4.25. The number of carbonyl (C=O) groups excluding carboxylic acids is 2. The number of ketones is 1. The van der Waals surface area contributed by atoms with E-state index in [-0.39, 0.29) is 0 Å². The van der Waals surface area contributed by atoms with Gasteiger partial charge >= 0.3 is 5.91 Å². The Morgan fingerprint density at radius 2 is 1.93 bits per heavy atom. The maximum Gasteiger partial charge on any atom is 0.319 e. The van der Waals surface area contributed by atoms with Crippen molar-refractivity contribution in [3.63, 3.8) is 0 Å². The molecule has 1 rings (SSSR count). The van der Waals surface area contributed by atoms with Gasteiger partial charge in [0.15, 0.2) is 5.75 Å². The van der Waals surface area contributed by atoms with Gasteiger partial charge in [-0.15, -0.1) is 0 Å². The molecular weight excluding hydrogens is 198 g/mol. The summed E-state index contributed by atoms with van der Waals surface area (Å²) in [5.74, 6) is -0.413. The van der Waals surface area contributed by atoms with Crippen LogP contribution in [-0.4, -0.2) is 18.8 Å². The van der Waals surface area contributed by atoms with Gasteiger partial charge in [0, 0.05) is 13.0 Å². The van der Waals surface area contributed by atoms with E-state index in [1.165, 1.54) is 7.11 Å². The molecular formula is C10H11NO4. The van der Waals surface area contributed by atoms with E-state index < -0.39 is 11.7 Å². The molecule has 1 aromatic rings. The second-order valence-electron chi connectivity index (χ2n) is 2.77. The van der Waals surface area contributed by atoms with Crippen LogP contribution in [0.3, 0.4) is 0 Å². The van der Waals surface area contributed by atoms with E-state index in [4.69, 9.17) is 9.57 Å². The fourth-order valence-electron chi connectivity index (χ4n) is 0.842. The zero-order chi connectivity index (χ0) is 11.3. The Hall–Kier alpha value is -2.04. The smallest absolute Gasteiger partial charge is 0.319 e. The topological polar surface area (TPSA) is 64.6 Å².